The third kappa shape index (κ3) is 5.99. The summed E-state index contributed by atoms with van der Waals surface area (Å²) in [5.74, 6) is -0.353. The number of carbonyl (C=O) groups excluding carboxylic acids is 2. The molecular weight excluding hydrogens is 440 g/mol. The molecule has 2 aromatic rings. The fourth-order valence-corrected chi connectivity index (χ4v) is 5.36. The van der Waals surface area contributed by atoms with E-state index in [1.165, 1.54) is 16.7 Å². The second-order valence-electron chi connectivity index (χ2n) is 9.80. The minimum absolute atomic E-state index is 0.140. The average molecular weight is 477 g/mol. The fraction of sp³-hybridized carbons (Fsp3) is 0.429. The standard InChI is InChI=1S/C28H36N4O3/c1-20-16-30(18-23-8-10-25(11-9-23)28(34)29-35)17-21(2)32(20)19-26-6-4-5-7-27(26)24-12-14-31(15-13-24)22(3)33/h4-12,20-21,35H,13-19H2,1-3H3,(H,29,34)/t20-,21+. The van der Waals surface area contributed by atoms with Gasteiger partial charge in [0.05, 0.1) is 0 Å². The molecule has 0 spiro atoms. The zero-order valence-corrected chi connectivity index (χ0v) is 20.9. The van der Waals surface area contributed by atoms with Crippen LogP contribution < -0.4 is 5.48 Å². The van der Waals surface area contributed by atoms with Crippen LogP contribution in [0.5, 0.6) is 0 Å². The van der Waals surface area contributed by atoms with E-state index in [9.17, 15) is 9.59 Å². The summed E-state index contributed by atoms with van der Waals surface area (Å²) in [6.07, 6.45) is 3.11. The van der Waals surface area contributed by atoms with Crippen LogP contribution in [0.1, 0.15) is 54.2 Å². The van der Waals surface area contributed by atoms with Gasteiger partial charge < -0.3 is 4.90 Å². The largest absolute Gasteiger partial charge is 0.339 e. The second-order valence-corrected chi connectivity index (χ2v) is 9.80. The van der Waals surface area contributed by atoms with E-state index in [-0.39, 0.29) is 5.91 Å². The van der Waals surface area contributed by atoms with E-state index >= 15 is 0 Å². The maximum Gasteiger partial charge on any atom is 0.274 e. The Hall–Kier alpha value is -3.00. The Morgan fingerprint density at radius 2 is 1.69 bits per heavy atom. The van der Waals surface area contributed by atoms with Crippen molar-refractivity contribution in [1.29, 1.82) is 0 Å². The van der Waals surface area contributed by atoms with Gasteiger partial charge in [0.25, 0.3) is 5.91 Å². The predicted octanol–water partition coefficient (Wildman–Crippen LogP) is 3.54. The Bertz CT molecular complexity index is 1070. The van der Waals surface area contributed by atoms with Crippen LogP contribution in [-0.2, 0) is 17.9 Å². The molecule has 2 N–H and O–H groups in total. The first-order valence-electron chi connectivity index (χ1n) is 12.4. The number of benzene rings is 2. The van der Waals surface area contributed by atoms with Gasteiger partial charge in [-0.3, -0.25) is 24.6 Å². The third-order valence-corrected chi connectivity index (χ3v) is 7.27. The van der Waals surface area contributed by atoms with Crippen molar-refractivity contribution in [3.05, 3.63) is 76.9 Å². The van der Waals surface area contributed by atoms with Crippen molar-refractivity contribution in [1.82, 2.24) is 20.2 Å². The van der Waals surface area contributed by atoms with Gasteiger partial charge in [0.1, 0.15) is 0 Å². The lowest BCUT2D eigenvalue weighted by molar-refractivity contribution is -0.128. The quantitative estimate of drug-likeness (QED) is 0.493. The number of nitrogens with one attached hydrogen (secondary N) is 1. The molecule has 2 amide bonds. The summed E-state index contributed by atoms with van der Waals surface area (Å²) in [5, 5.41) is 8.80. The van der Waals surface area contributed by atoms with Gasteiger partial charge in [0.15, 0.2) is 0 Å². The van der Waals surface area contributed by atoms with Crippen molar-refractivity contribution < 1.29 is 14.8 Å². The maximum absolute atomic E-state index is 11.7. The predicted molar refractivity (Wildman–Crippen MR) is 137 cm³/mol. The lowest BCUT2D eigenvalue weighted by atomic mass is 9.93. The van der Waals surface area contributed by atoms with Crippen molar-refractivity contribution in [2.24, 2.45) is 0 Å². The highest BCUT2D eigenvalue weighted by atomic mass is 16.5. The molecule has 0 unspecified atom stereocenters. The van der Waals surface area contributed by atoms with E-state index in [2.05, 4.69) is 54.0 Å². The summed E-state index contributed by atoms with van der Waals surface area (Å²) in [6, 6.07) is 16.9. The summed E-state index contributed by atoms with van der Waals surface area (Å²) in [4.78, 5) is 30.2. The lowest BCUT2D eigenvalue weighted by Crippen LogP contribution is -2.55. The van der Waals surface area contributed by atoms with Crippen molar-refractivity contribution >= 4 is 17.4 Å². The smallest absolute Gasteiger partial charge is 0.274 e. The molecule has 4 rings (SSSR count). The van der Waals surface area contributed by atoms with E-state index in [4.69, 9.17) is 5.21 Å². The number of carbonyl (C=O) groups is 2. The first-order chi connectivity index (χ1) is 16.9. The fourth-order valence-electron chi connectivity index (χ4n) is 5.36. The molecule has 1 saturated heterocycles. The van der Waals surface area contributed by atoms with E-state index in [1.807, 2.05) is 17.0 Å². The van der Waals surface area contributed by atoms with Crippen LogP contribution in [-0.4, -0.2) is 70.0 Å². The maximum atomic E-state index is 11.7. The Kier molecular flexibility index (Phi) is 8.00. The van der Waals surface area contributed by atoms with Crippen LogP contribution in [0.4, 0.5) is 0 Å². The minimum Gasteiger partial charge on any atom is -0.339 e. The molecule has 2 aliphatic heterocycles. The van der Waals surface area contributed by atoms with Crippen molar-refractivity contribution in [2.45, 2.75) is 52.4 Å². The van der Waals surface area contributed by atoms with Crippen LogP contribution in [0.25, 0.3) is 5.57 Å². The summed E-state index contributed by atoms with van der Waals surface area (Å²) < 4.78 is 0. The SMILES string of the molecule is CC(=O)N1CC=C(c2ccccc2CN2[C@H](C)CN(Cc3ccc(C(=O)NO)cc3)C[C@@H]2C)CC1. The second kappa shape index (κ2) is 11.2. The van der Waals surface area contributed by atoms with Crippen LogP contribution in [0.2, 0.25) is 0 Å². The molecule has 2 aliphatic rings. The van der Waals surface area contributed by atoms with Crippen LogP contribution in [0.15, 0.2) is 54.6 Å². The first kappa shape index (κ1) is 25.1. The monoisotopic (exact) mass is 476 g/mol. The molecular formula is C28H36N4O3. The molecule has 7 nitrogen and oxygen atoms in total. The number of amides is 2. The molecule has 2 aromatic carbocycles. The molecule has 1 fully saturated rings. The highest BCUT2D eigenvalue weighted by Gasteiger charge is 2.30. The molecule has 0 bridgehead atoms. The summed E-state index contributed by atoms with van der Waals surface area (Å²) in [7, 11) is 0. The average Bonchev–Trinajstić information content (AvgIpc) is 2.86. The zero-order valence-electron chi connectivity index (χ0n) is 20.9. The molecule has 0 aromatic heterocycles. The van der Waals surface area contributed by atoms with Gasteiger partial charge in [-0.25, -0.2) is 5.48 Å². The van der Waals surface area contributed by atoms with Crippen LogP contribution in [0.3, 0.4) is 0 Å². The Labute approximate surface area is 208 Å². The molecule has 35 heavy (non-hydrogen) atoms. The zero-order chi connectivity index (χ0) is 24.9. The normalized spacial score (nSPS) is 21.5. The first-order valence-corrected chi connectivity index (χ1v) is 12.4. The highest BCUT2D eigenvalue weighted by Crippen LogP contribution is 2.28. The number of piperazine rings is 1. The van der Waals surface area contributed by atoms with Gasteiger partial charge in [-0.05, 0) is 54.7 Å². The number of hydroxylamine groups is 1. The third-order valence-electron chi connectivity index (χ3n) is 7.27. The topological polar surface area (TPSA) is 76.1 Å². The molecule has 0 saturated carbocycles. The van der Waals surface area contributed by atoms with E-state index in [1.54, 1.807) is 24.5 Å². The molecule has 0 radical (unpaired) electrons. The molecule has 2 heterocycles. The molecule has 0 aliphatic carbocycles. The molecule has 7 heteroatoms. The van der Waals surface area contributed by atoms with Crippen LogP contribution >= 0.6 is 0 Å². The van der Waals surface area contributed by atoms with Gasteiger partial charge in [-0.15, -0.1) is 0 Å². The highest BCUT2D eigenvalue weighted by molar-refractivity contribution is 5.93. The van der Waals surface area contributed by atoms with Gasteiger partial charge in [0.2, 0.25) is 5.91 Å². The molecule has 2 atom stereocenters. The Morgan fingerprint density at radius 3 is 2.29 bits per heavy atom. The Balaban J connectivity index is 1.41. The number of hydrogen-bond acceptors (Lipinski definition) is 5. The summed E-state index contributed by atoms with van der Waals surface area (Å²) in [5.41, 5.74) is 7.28. The van der Waals surface area contributed by atoms with E-state index in [0.29, 0.717) is 24.2 Å². The summed E-state index contributed by atoms with van der Waals surface area (Å²) >= 11 is 0. The van der Waals surface area contributed by atoms with Crippen molar-refractivity contribution in [2.75, 3.05) is 26.2 Å². The van der Waals surface area contributed by atoms with Crippen molar-refractivity contribution in [3.8, 4) is 0 Å². The van der Waals surface area contributed by atoms with E-state index in [0.717, 1.165) is 44.7 Å². The van der Waals surface area contributed by atoms with Gasteiger partial charge in [-0.2, -0.15) is 0 Å². The number of nitrogens with zero attached hydrogens (tertiary/aromatic N) is 3. The lowest BCUT2D eigenvalue weighted by Gasteiger charge is -2.45. The van der Waals surface area contributed by atoms with Crippen LogP contribution in [0, 0.1) is 0 Å². The molecule has 186 valence electrons. The minimum atomic E-state index is -0.493. The number of rotatable bonds is 6. The Morgan fingerprint density at radius 1 is 1.00 bits per heavy atom. The van der Waals surface area contributed by atoms with Gasteiger partial charge in [-0.1, -0.05) is 42.5 Å². The number of hydrogen-bond donors (Lipinski definition) is 2. The van der Waals surface area contributed by atoms with E-state index < -0.39 is 5.91 Å². The van der Waals surface area contributed by atoms with Crippen molar-refractivity contribution in [3.63, 3.8) is 0 Å². The van der Waals surface area contributed by atoms with Gasteiger partial charge in [0, 0.05) is 63.8 Å². The van der Waals surface area contributed by atoms with Gasteiger partial charge >= 0.3 is 0 Å². The summed E-state index contributed by atoms with van der Waals surface area (Å²) in [6.45, 7) is 11.4.